The molecule has 0 saturated carbocycles. The number of H-pyrrole nitrogens is 2. The first-order chi connectivity index (χ1) is 13.7. The highest BCUT2D eigenvalue weighted by molar-refractivity contribution is 5.76. The highest BCUT2D eigenvalue weighted by Gasteiger charge is 2.17. The van der Waals surface area contributed by atoms with Crippen LogP contribution in [0.15, 0.2) is 40.7 Å². The number of fused-ring (bicyclic) bond motifs is 2. The highest BCUT2D eigenvalue weighted by atomic mass is 15.4. The molecule has 11 heteroatoms. The van der Waals surface area contributed by atoms with E-state index < -0.39 is 0 Å². The average molecular weight is 371 g/mol. The molecule has 0 bridgehead atoms. The van der Waals surface area contributed by atoms with Crippen LogP contribution in [0.3, 0.4) is 0 Å². The molecule has 0 radical (unpaired) electrons. The van der Waals surface area contributed by atoms with Crippen LogP contribution in [0.25, 0.3) is 27.5 Å². The zero-order chi connectivity index (χ0) is 19.3. The van der Waals surface area contributed by atoms with Crippen molar-refractivity contribution in [2.75, 3.05) is 0 Å². The third-order valence-corrected chi connectivity index (χ3v) is 4.33. The van der Waals surface area contributed by atoms with Crippen LogP contribution in [0.2, 0.25) is 0 Å². The largest absolute Gasteiger partial charge is 0.322 e. The monoisotopic (exact) mass is 371 g/mol. The van der Waals surface area contributed by atoms with Crippen molar-refractivity contribution in [3.63, 3.8) is 0 Å². The molecule has 28 heavy (non-hydrogen) atoms. The Morgan fingerprint density at radius 3 is 2.86 bits per heavy atom. The van der Waals surface area contributed by atoms with Gasteiger partial charge in [-0.05, 0) is 26.0 Å². The minimum atomic E-state index is 0.270. The van der Waals surface area contributed by atoms with E-state index in [0.29, 0.717) is 28.8 Å². The summed E-state index contributed by atoms with van der Waals surface area (Å²) >= 11 is 0. The van der Waals surface area contributed by atoms with Gasteiger partial charge in [0.2, 0.25) is 5.95 Å². The minimum Gasteiger partial charge on any atom is -0.322 e. The summed E-state index contributed by atoms with van der Waals surface area (Å²) in [5.74, 6) is 1.46. The Bertz CT molecular complexity index is 1370. The smallest absolute Gasteiger partial charge is 0.252 e. The summed E-state index contributed by atoms with van der Waals surface area (Å²) < 4.78 is 3.13. The molecule has 0 spiro atoms. The summed E-state index contributed by atoms with van der Waals surface area (Å²) in [6.07, 6.45) is 1.44. The fourth-order valence-corrected chi connectivity index (χ4v) is 2.95. The fraction of sp³-hybridized carbons (Fsp3) is 0.118. The van der Waals surface area contributed by atoms with E-state index in [-0.39, 0.29) is 11.5 Å². The molecule has 0 atom stereocenters. The predicted octanol–water partition coefficient (Wildman–Crippen LogP) is 3.70. The van der Waals surface area contributed by atoms with Crippen LogP contribution >= 0.6 is 0 Å². The molecule has 0 amide bonds. The molecule has 0 aliphatic rings. The zero-order valence-electron chi connectivity index (χ0n) is 14.9. The van der Waals surface area contributed by atoms with Gasteiger partial charge in [0, 0.05) is 0 Å². The lowest BCUT2D eigenvalue weighted by atomic mass is 10.3. The van der Waals surface area contributed by atoms with Gasteiger partial charge in [0.15, 0.2) is 17.2 Å². The number of nitrogens with zero attached hydrogens (tertiary/aromatic N) is 9. The van der Waals surface area contributed by atoms with Gasteiger partial charge in [0.1, 0.15) is 5.82 Å². The van der Waals surface area contributed by atoms with Crippen LogP contribution in [0.1, 0.15) is 11.5 Å². The first-order valence-electron chi connectivity index (χ1n) is 8.38. The van der Waals surface area contributed by atoms with Crippen molar-refractivity contribution in [2.45, 2.75) is 13.8 Å². The third kappa shape index (κ3) is 2.28. The average Bonchev–Trinajstić information content (AvgIpc) is 3.44. The Morgan fingerprint density at radius 1 is 1.18 bits per heavy atom. The van der Waals surface area contributed by atoms with Gasteiger partial charge in [0.25, 0.3) is 5.69 Å². The van der Waals surface area contributed by atoms with Crippen LogP contribution in [0, 0.1) is 20.4 Å². The highest BCUT2D eigenvalue weighted by Crippen LogP contribution is 2.33. The van der Waals surface area contributed by atoms with Gasteiger partial charge < -0.3 is 4.98 Å². The van der Waals surface area contributed by atoms with Crippen molar-refractivity contribution >= 4 is 33.9 Å². The second-order valence-electron chi connectivity index (χ2n) is 6.12. The van der Waals surface area contributed by atoms with E-state index in [0.717, 1.165) is 11.0 Å². The van der Waals surface area contributed by atoms with Gasteiger partial charge in [-0.1, -0.05) is 12.1 Å². The third-order valence-electron chi connectivity index (χ3n) is 4.33. The number of rotatable bonds is 3. The summed E-state index contributed by atoms with van der Waals surface area (Å²) in [5, 5.41) is 24.3. The quantitative estimate of drug-likeness (QED) is 0.371. The molecule has 1 aromatic carbocycles. The molecule has 5 aromatic rings. The van der Waals surface area contributed by atoms with E-state index >= 15 is 0 Å². The maximum atomic E-state index is 7.40. The molecule has 0 aliphatic heterocycles. The fourth-order valence-electron chi connectivity index (χ4n) is 2.95. The normalized spacial score (nSPS) is 11.8. The molecule has 4 aromatic heterocycles. The second-order valence-corrected chi connectivity index (χ2v) is 6.12. The Balaban J connectivity index is 1.63. The van der Waals surface area contributed by atoms with E-state index in [1.165, 1.54) is 10.9 Å². The van der Waals surface area contributed by atoms with Gasteiger partial charge in [-0.15, -0.1) is 10.2 Å². The second kappa shape index (κ2) is 5.85. The van der Waals surface area contributed by atoms with E-state index in [4.69, 9.17) is 6.57 Å². The molecule has 136 valence electrons. The lowest BCUT2D eigenvalue weighted by molar-refractivity contribution is 0.823. The Kier molecular flexibility index (Phi) is 3.32. The van der Waals surface area contributed by atoms with Crippen molar-refractivity contribution in [2.24, 2.45) is 10.2 Å². The number of azo groups is 1. The number of para-hydroxylation sites is 2. The number of benzene rings is 1. The molecule has 2 N–H and O–H groups in total. The van der Waals surface area contributed by atoms with Gasteiger partial charge in [-0.3, -0.25) is 5.10 Å². The number of aromatic nitrogens is 8. The summed E-state index contributed by atoms with van der Waals surface area (Å²) in [7, 11) is 0. The topological polar surface area (TPSA) is 122 Å². The lowest BCUT2D eigenvalue weighted by Gasteiger charge is -1.99. The van der Waals surface area contributed by atoms with E-state index in [2.05, 4.69) is 45.4 Å². The summed E-state index contributed by atoms with van der Waals surface area (Å²) in [5.41, 5.74) is 3.81. The molecule has 0 unspecified atom stereocenters. The summed E-state index contributed by atoms with van der Waals surface area (Å²) in [6, 6.07) is 7.63. The molecule has 4 heterocycles. The number of imidazole rings is 1. The minimum absolute atomic E-state index is 0.270. The van der Waals surface area contributed by atoms with Crippen molar-refractivity contribution in [1.82, 2.24) is 39.6 Å². The lowest BCUT2D eigenvalue weighted by Crippen LogP contribution is -1.97. The Morgan fingerprint density at radius 2 is 2.04 bits per heavy atom. The van der Waals surface area contributed by atoms with Crippen molar-refractivity contribution in [3.05, 3.63) is 53.4 Å². The molecule has 5 rings (SSSR count). The molecule has 0 saturated heterocycles. The van der Waals surface area contributed by atoms with Crippen LogP contribution in [0.5, 0.6) is 0 Å². The Labute approximate surface area is 157 Å². The Hall–Kier alpha value is -4.33. The van der Waals surface area contributed by atoms with Gasteiger partial charge in [-0.2, -0.15) is 24.5 Å². The number of aryl methyl sites for hydroxylation is 2. The van der Waals surface area contributed by atoms with Crippen LogP contribution < -0.4 is 0 Å². The number of aromatic amines is 2. The number of hydrogen-bond donors (Lipinski definition) is 2. The SMILES string of the molecule is [C-]#[N+]c1cnn(-c2nc3ccccc3[nH]2)c1/N=N/c1c(C)nn2c(C)n[nH]c12. The predicted molar refractivity (Wildman–Crippen MR) is 100 cm³/mol. The maximum absolute atomic E-state index is 7.40. The molecular formula is C17H13N11. The summed E-state index contributed by atoms with van der Waals surface area (Å²) in [6.45, 7) is 11.1. The molecular weight excluding hydrogens is 358 g/mol. The van der Waals surface area contributed by atoms with Crippen molar-refractivity contribution < 1.29 is 0 Å². The molecule has 11 nitrogen and oxygen atoms in total. The molecule has 0 fully saturated rings. The van der Waals surface area contributed by atoms with Crippen LogP contribution in [-0.4, -0.2) is 39.6 Å². The first-order valence-corrected chi connectivity index (χ1v) is 8.38. The van der Waals surface area contributed by atoms with Crippen LogP contribution in [0.4, 0.5) is 17.2 Å². The van der Waals surface area contributed by atoms with Gasteiger partial charge >= 0.3 is 0 Å². The number of hydrogen-bond acceptors (Lipinski definition) is 6. The van der Waals surface area contributed by atoms with Gasteiger partial charge in [-0.25, -0.2) is 9.83 Å². The van der Waals surface area contributed by atoms with E-state index in [1.54, 1.807) is 4.52 Å². The van der Waals surface area contributed by atoms with Gasteiger partial charge in [0.05, 0.1) is 29.5 Å². The standard InChI is InChI=1S/C17H13N11/c1-9-14(16-25-22-10(2)27(16)26-9)23-24-15-13(18-3)8-19-28(15)17-20-11-6-4-5-7-12(11)21-17/h4-8,25H,1-2H3,(H,20,21)/b24-23+. The first kappa shape index (κ1) is 15.9. The zero-order valence-corrected chi connectivity index (χ0v) is 14.9. The van der Waals surface area contributed by atoms with E-state index in [1.807, 2.05) is 38.1 Å². The van der Waals surface area contributed by atoms with Crippen molar-refractivity contribution in [3.8, 4) is 5.95 Å². The molecule has 0 aliphatic carbocycles. The summed E-state index contributed by atoms with van der Waals surface area (Å²) in [4.78, 5) is 11.2. The maximum Gasteiger partial charge on any atom is 0.252 e. The number of nitrogens with one attached hydrogen (secondary N) is 2. The van der Waals surface area contributed by atoms with Crippen molar-refractivity contribution in [1.29, 1.82) is 0 Å². The van der Waals surface area contributed by atoms with E-state index in [9.17, 15) is 0 Å². The van der Waals surface area contributed by atoms with Crippen LogP contribution in [-0.2, 0) is 0 Å².